The van der Waals surface area contributed by atoms with Gasteiger partial charge < -0.3 is 30.1 Å². The molecule has 0 atom stereocenters. The van der Waals surface area contributed by atoms with Crippen LogP contribution < -0.4 is 25.0 Å². The Hall–Kier alpha value is -3.11. The number of hydrogen-bond acceptors (Lipinski definition) is 7. The minimum atomic E-state index is -0.741. The number of methoxy groups -OCH3 is 2. The molecule has 1 saturated heterocycles. The number of benzene rings is 2. The number of carbonyl (C=O) groups is 1. The molecule has 0 aromatic heterocycles. The lowest BCUT2D eigenvalue weighted by atomic mass is 10.2. The van der Waals surface area contributed by atoms with Gasteiger partial charge in [-0.15, -0.1) is 0 Å². The standard InChI is InChI=1S/C21H26F2N4O4/c1-30-19-9-14(3-4-18(19)24-13-28)25-20(29)12-26-5-7-27(8-6-26)15-10-16(22)21(31-2)17(23)11-15/h3-4,9-11,24,28H,5-8,12-13H2,1-2H3,(H,25,29). The number of ether oxygens (including phenoxy) is 2. The molecule has 1 fully saturated rings. The summed E-state index contributed by atoms with van der Waals surface area (Å²) in [7, 11) is 2.73. The minimum Gasteiger partial charge on any atom is -0.495 e. The number of hydrogen-bond donors (Lipinski definition) is 3. The summed E-state index contributed by atoms with van der Waals surface area (Å²) in [6, 6.07) is 7.60. The van der Waals surface area contributed by atoms with E-state index in [1.54, 1.807) is 18.2 Å². The fourth-order valence-electron chi connectivity index (χ4n) is 3.49. The zero-order valence-electron chi connectivity index (χ0n) is 17.5. The van der Waals surface area contributed by atoms with E-state index in [4.69, 9.17) is 14.6 Å². The van der Waals surface area contributed by atoms with Crippen molar-refractivity contribution in [3.05, 3.63) is 42.0 Å². The molecule has 1 aliphatic heterocycles. The molecule has 3 N–H and O–H groups in total. The Morgan fingerprint density at radius 1 is 1.06 bits per heavy atom. The summed E-state index contributed by atoms with van der Waals surface area (Å²) in [6.45, 7) is 2.18. The van der Waals surface area contributed by atoms with E-state index in [1.807, 2.05) is 9.80 Å². The van der Waals surface area contributed by atoms with Crippen LogP contribution in [0.25, 0.3) is 0 Å². The first kappa shape index (κ1) is 22.6. The number of amides is 1. The predicted molar refractivity (Wildman–Crippen MR) is 114 cm³/mol. The number of halogens is 2. The highest BCUT2D eigenvalue weighted by Crippen LogP contribution is 2.29. The number of anilines is 3. The van der Waals surface area contributed by atoms with Crippen LogP contribution >= 0.6 is 0 Å². The monoisotopic (exact) mass is 436 g/mol. The fraction of sp³-hybridized carbons (Fsp3) is 0.381. The number of nitrogens with zero attached hydrogens (tertiary/aromatic N) is 2. The zero-order valence-corrected chi connectivity index (χ0v) is 17.5. The van der Waals surface area contributed by atoms with Gasteiger partial charge in [0.15, 0.2) is 17.4 Å². The molecule has 0 aliphatic carbocycles. The number of aliphatic hydroxyl groups is 1. The number of piperazine rings is 1. The summed E-state index contributed by atoms with van der Waals surface area (Å²) in [5.74, 6) is -1.56. The Kier molecular flexibility index (Phi) is 7.48. The van der Waals surface area contributed by atoms with Crippen LogP contribution in [0.2, 0.25) is 0 Å². The Morgan fingerprint density at radius 2 is 1.74 bits per heavy atom. The van der Waals surface area contributed by atoms with Crippen LogP contribution in [-0.4, -0.2) is 69.6 Å². The summed E-state index contributed by atoms with van der Waals surface area (Å²) in [4.78, 5) is 16.3. The summed E-state index contributed by atoms with van der Waals surface area (Å²) in [5.41, 5.74) is 1.64. The first-order valence-corrected chi connectivity index (χ1v) is 9.78. The molecule has 0 spiro atoms. The van der Waals surface area contributed by atoms with E-state index in [1.165, 1.54) is 26.4 Å². The Morgan fingerprint density at radius 3 is 2.32 bits per heavy atom. The maximum Gasteiger partial charge on any atom is 0.238 e. The molecule has 2 aromatic rings. The molecule has 1 aliphatic rings. The SMILES string of the molecule is COc1cc(NC(=O)CN2CCN(c3cc(F)c(OC)c(F)c3)CC2)ccc1NCO. The number of nitrogens with one attached hydrogen (secondary N) is 2. The molecule has 0 bridgehead atoms. The smallest absolute Gasteiger partial charge is 0.238 e. The molecule has 31 heavy (non-hydrogen) atoms. The average Bonchev–Trinajstić information content (AvgIpc) is 2.75. The third-order valence-electron chi connectivity index (χ3n) is 5.05. The maximum atomic E-state index is 14.0. The van der Waals surface area contributed by atoms with Crippen LogP contribution in [0.5, 0.6) is 11.5 Å². The Bertz CT molecular complexity index is 897. The van der Waals surface area contributed by atoms with Gasteiger partial charge in [-0.3, -0.25) is 9.69 Å². The molecule has 0 unspecified atom stereocenters. The Balaban J connectivity index is 1.53. The molecule has 8 nitrogen and oxygen atoms in total. The van der Waals surface area contributed by atoms with E-state index in [-0.39, 0.29) is 19.2 Å². The zero-order chi connectivity index (χ0) is 22.4. The molecule has 168 valence electrons. The largest absolute Gasteiger partial charge is 0.495 e. The van der Waals surface area contributed by atoms with E-state index in [0.717, 1.165) is 0 Å². The molecule has 1 heterocycles. The molecular formula is C21H26F2N4O4. The van der Waals surface area contributed by atoms with Gasteiger partial charge in [-0.05, 0) is 12.1 Å². The molecule has 1 amide bonds. The van der Waals surface area contributed by atoms with Crippen LogP contribution in [0, 0.1) is 11.6 Å². The third-order valence-corrected chi connectivity index (χ3v) is 5.05. The first-order chi connectivity index (χ1) is 14.9. The summed E-state index contributed by atoms with van der Waals surface area (Å²) in [5, 5.41) is 14.6. The van der Waals surface area contributed by atoms with Gasteiger partial charge in [-0.25, -0.2) is 8.78 Å². The van der Waals surface area contributed by atoms with E-state index < -0.39 is 17.4 Å². The first-order valence-electron chi connectivity index (χ1n) is 9.78. The van der Waals surface area contributed by atoms with E-state index in [2.05, 4.69) is 10.6 Å². The van der Waals surface area contributed by atoms with E-state index >= 15 is 0 Å². The molecule has 10 heteroatoms. The second kappa shape index (κ2) is 10.3. The summed E-state index contributed by atoms with van der Waals surface area (Å²) in [6.07, 6.45) is 0. The van der Waals surface area contributed by atoms with Crippen molar-refractivity contribution in [2.24, 2.45) is 0 Å². The van der Waals surface area contributed by atoms with Crippen molar-refractivity contribution in [2.45, 2.75) is 0 Å². The Labute approximate surface area is 179 Å². The van der Waals surface area contributed by atoms with Crippen LogP contribution in [0.15, 0.2) is 30.3 Å². The van der Waals surface area contributed by atoms with Crippen molar-refractivity contribution in [2.75, 3.05) is 69.2 Å². The molecule has 2 aromatic carbocycles. The van der Waals surface area contributed by atoms with Gasteiger partial charge in [-0.1, -0.05) is 0 Å². The van der Waals surface area contributed by atoms with Crippen molar-refractivity contribution in [1.29, 1.82) is 0 Å². The quantitative estimate of drug-likeness (QED) is 0.547. The van der Waals surface area contributed by atoms with Crippen LogP contribution in [-0.2, 0) is 4.79 Å². The number of carbonyl (C=O) groups excluding carboxylic acids is 1. The van der Waals surface area contributed by atoms with Gasteiger partial charge in [0.25, 0.3) is 0 Å². The average molecular weight is 436 g/mol. The lowest BCUT2D eigenvalue weighted by Crippen LogP contribution is -2.48. The summed E-state index contributed by atoms with van der Waals surface area (Å²) < 4.78 is 37.9. The number of rotatable bonds is 8. The number of aliphatic hydroxyl groups excluding tert-OH is 1. The third kappa shape index (κ3) is 5.53. The van der Waals surface area contributed by atoms with Crippen molar-refractivity contribution in [1.82, 2.24) is 4.90 Å². The molecule has 3 rings (SSSR count). The minimum absolute atomic E-state index is 0.181. The lowest BCUT2D eigenvalue weighted by molar-refractivity contribution is -0.117. The van der Waals surface area contributed by atoms with E-state index in [0.29, 0.717) is 49.0 Å². The van der Waals surface area contributed by atoms with Crippen molar-refractivity contribution < 1.29 is 28.2 Å². The van der Waals surface area contributed by atoms with Crippen LogP contribution in [0.1, 0.15) is 0 Å². The van der Waals surface area contributed by atoms with Crippen molar-refractivity contribution >= 4 is 23.0 Å². The highest BCUT2D eigenvalue weighted by molar-refractivity contribution is 5.92. The molecular weight excluding hydrogens is 410 g/mol. The highest BCUT2D eigenvalue weighted by atomic mass is 19.1. The predicted octanol–water partition coefficient (Wildman–Crippen LogP) is 2.10. The van der Waals surface area contributed by atoms with Gasteiger partial charge in [-0.2, -0.15) is 0 Å². The topological polar surface area (TPSA) is 86.3 Å². The van der Waals surface area contributed by atoms with Crippen LogP contribution in [0.4, 0.5) is 25.8 Å². The lowest BCUT2D eigenvalue weighted by Gasteiger charge is -2.35. The normalized spacial score (nSPS) is 14.3. The second-order valence-corrected chi connectivity index (χ2v) is 7.00. The van der Waals surface area contributed by atoms with Crippen molar-refractivity contribution in [3.8, 4) is 11.5 Å². The van der Waals surface area contributed by atoms with Crippen LogP contribution in [0.3, 0.4) is 0 Å². The van der Waals surface area contributed by atoms with E-state index in [9.17, 15) is 13.6 Å². The highest BCUT2D eigenvalue weighted by Gasteiger charge is 2.22. The van der Waals surface area contributed by atoms with Gasteiger partial charge in [0, 0.05) is 55.8 Å². The van der Waals surface area contributed by atoms with Gasteiger partial charge in [0.1, 0.15) is 12.5 Å². The second-order valence-electron chi connectivity index (χ2n) is 7.00. The van der Waals surface area contributed by atoms with Gasteiger partial charge >= 0.3 is 0 Å². The van der Waals surface area contributed by atoms with Gasteiger partial charge in [0.2, 0.25) is 5.91 Å². The molecule has 0 radical (unpaired) electrons. The van der Waals surface area contributed by atoms with Crippen molar-refractivity contribution in [3.63, 3.8) is 0 Å². The maximum absolute atomic E-state index is 14.0. The summed E-state index contributed by atoms with van der Waals surface area (Å²) >= 11 is 0. The molecule has 0 saturated carbocycles. The fourth-order valence-corrected chi connectivity index (χ4v) is 3.49. The van der Waals surface area contributed by atoms with Gasteiger partial charge in [0.05, 0.1) is 26.5 Å².